The van der Waals surface area contributed by atoms with Gasteiger partial charge in [-0.2, -0.15) is 0 Å². The van der Waals surface area contributed by atoms with Gasteiger partial charge in [0.15, 0.2) is 0 Å². The van der Waals surface area contributed by atoms with Gasteiger partial charge in [-0.1, -0.05) is 19.9 Å². The summed E-state index contributed by atoms with van der Waals surface area (Å²) < 4.78 is 0. The second-order valence-corrected chi connectivity index (χ2v) is 4.73. The molecule has 0 aliphatic heterocycles. The molecule has 0 amide bonds. The first-order chi connectivity index (χ1) is 7.99. The summed E-state index contributed by atoms with van der Waals surface area (Å²) in [6, 6.07) is 3.39. The normalized spacial score (nSPS) is 12.7. The largest absolute Gasteiger partial charge is 0.480 e. The lowest BCUT2D eigenvalue weighted by molar-refractivity contribution is -0.140. The van der Waals surface area contributed by atoms with Crippen LogP contribution in [0.5, 0.6) is 0 Å². The molecule has 0 radical (unpaired) electrons. The first-order valence-corrected chi connectivity index (χ1v) is 5.86. The average molecular weight is 236 g/mol. The highest BCUT2D eigenvalue weighted by atomic mass is 16.4. The number of pyridine rings is 1. The van der Waals surface area contributed by atoms with Crippen molar-refractivity contribution in [2.45, 2.75) is 39.8 Å². The predicted molar refractivity (Wildman–Crippen MR) is 66.7 cm³/mol. The minimum Gasteiger partial charge on any atom is -0.480 e. The van der Waals surface area contributed by atoms with Gasteiger partial charge in [-0.15, -0.1) is 0 Å². The summed E-state index contributed by atoms with van der Waals surface area (Å²) >= 11 is 0. The molecular formula is C13H20N2O2. The zero-order valence-electron chi connectivity index (χ0n) is 10.6. The summed E-state index contributed by atoms with van der Waals surface area (Å²) in [7, 11) is 0. The van der Waals surface area contributed by atoms with E-state index in [1.54, 1.807) is 6.20 Å². The molecule has 0 aliphatic rings. The van der Waals surface area contributed by atoms with Crippen molar-refractivity contribution < 1.29 is 9.90 Å². The van der Waals surface area contributed by atoms with Crippen molar-refractivity contribution in [2.24, 2.45) is 5.92 Å². The molecule has 94 valence electrons. The Morgan fingerprint density at radius 3 is 2.65 bits per heavy atom. The summed E-state index contributed by atoms with van der Waals surface area (Å²) in [5.74, 6) is -0.444. The number of nitrogens with zero attached hydrogens (tertiary/aromatic N) is 1. The van der Waals surface area contributed by atoms with Gasteiger partial charge < -0.3 is 5.11 Å². The van der Waals surface area contributed by atoms with Crippen molar-refractivity contribution in [3.63, 3.8) is 0 Å². The fraction of sp³-hybridized carbons (Fsp3) is 0.538. The van der Waals surface area contributed by atoms with E-state index in [9.17, 15) is 4.79 Å². The van der Waals surface area contributed by atoms with Gasteiger partial charge in [-0.05, 0) is 30.9 Å². The standard InChI is InChI=1S/C13H20N2O2/c1-9(2)6-12(13(16)17)15-8-11-5-4-10(3)7-14-11/h4-5,7,9,12,15H,6,8H2,1-3H3,(H,16,17). The maximum atomic E-state index is 11.0. The molecule has 0 spiro atoms. The van der Waals surface area contributed by atoms with Crippen molar-refractivity contribution in [2.75, 3.05) is 0 Å². The Morgan fingerprint density at radius 2 is 2.18 bits per heavy atom. The monoisotopic (exact) mass is 236 g/mol. The number of hydrogen-bond acceptors (Lipinski definition) is 3. The van der Waals surface area contributed by atoms with Crippen LogP contribution < -0.4 is 5.32 Å². The number of hydrogen-bond donors (Lipinski definition) is 2. The molecule has 1 rings (SSSR count). The molecule has 0 bridgehead atoms. The summed E-state index contributed by atoms with van der Waals surface area (Å²) in [6.45, 7) is 6.50. The van der Waals surface area contributed by atoms with E-state index in [0.717, 1.165) is 11.3 Å². The molecule has 1 aromatic heterocycles. The van der Waals surface area contributed by atoms with Crippen molar-refractivity contribution in [1.82, 2.24) is 10.3 Å². The van der Waals surface area contributed by atoms with Crippen LogP contribution in [0.2, 0.25) is 0 Å². The van der Waals surface area contributed by atoms with Gasteiger partial charge in [0, 0.05) is 12.7 Å². The van der Waals surface area contributed by atoms with Crippen molar-refractivity contribution >= 4 is 5.97 Å². The summed E-state index contributed by atoms with van der Waals surface area (Å²) in [6.07, 6.45) is 2.41. The van der Waals surface area contributed by atoms with Crippen LogP contribution in [-0.4, -0.2) is 22.1 Å². The summed E-state index contributed by atoms with van der Waals surface area (Å²) in [5, 5.41) is 12.1. The van der Waals surface area contributed by atoms with Gasteiger partial charge in [0.2, 0.25) is 0 Å². The van der Waals surface area contributed by atoms with Crippen molar-refractivity contribution in [1.29, 1.82) is 0 Å². The second kappa shape index (κ2) is 6.35. The van der Waals surface area contributed by atoms with Crippen LogP contribution in [-0.2, 0) is 11.3 Å². The molecular weight excluding hydrogens is 216 g/mol. The van der Waals surface area contributed by atoms with E-state index in [4.69, 9.17) is 5.11 Å². The van der Waals surface area contributed by atoms with Crippen LogP contribution >= 0.6 is 0 Å². The molecule has 0 aromatic carbocycles. The topological polar surface area (TPSA) is 62.2 Å². The maximum absolute atomic E-state index is 11.0. The van der Waals surface area contributed by atoms with Gasteiger partial charge in [-0.25, -0.2) is 0 Å². The zero-order chi connectivity index (χ0) is 12.8. The fourth-order valence-electron chi connectivity index (χ4n) is 1.57. The molecule has 0 saturated carbocycles. The lowest BCUT2D eigenvalue weighted by atomic mass is 10.0. The minimum absolute atomic E-state index is 0.356. The number of aryl methyl sites for hydroxylation is 1. The van der Waals surface area contributed by atoms with Crippen molar-refractivity contribution in [3.8, 4) is 0 Å². The molecule has 1 unspecified atom stereocenters. The molecule has 1 heterocycles. The van der Waals surface area contributed by atoms with Crippen molar-refractivity contribution in [3.05, 3.63) is 29.6 Å². The van der Waals surface area contributed by atoms with E-state index in [1.807, 2.05) is 32.9 Å². The first kappa shape index (κ1) is 13.6. The maximum Gasteiger partial charge on any atom is 0.320 e. The molecule has 0 aliphatic carbocycles. The Labute approximate surface area is 102 Å². The zero-order valence-corrected chi connectivity index (χ0v) is 10.6. The Morgan fingerprint density at radius 1 is 1.47 bits per heavy atom. The number of nitrogens with one attached hydrogen (secondary N) is 1. The van der Waals surface area contributed by atoms with Gasteiger partial charge >= 0.3 is 5.97 Å². The van der Waals surface area contributed by atoms with Crippen LogP contribution in [0.3, 0.4) is 0 Å². The number of aromatic nitrogens is 1. The van der Waals surface area contributed by atoms with Crippen LogP contribution in [0, 0.1) is 12.8 Å². The quantitative estimate of drug-likeness (QED) is 0.792. The van der Waals surface area contributed by atoms with Gasteiger partial charge in [0.05, 0.1) is 5.69 Å². The third-order valence-electron chi connectivity index (χ3n) is 2.51. The Bertz CT molecular complexity index is 360. The molecule has 2 N–H and O–H groups in total. The predicted octanol–water partition coefficient (Wildman–Crippen LogP) is 1.98. The third-order valence-corrected chi connectivity index (χ3v) is 2.51. The van der Waals surface area contributed by atoms with Crippen LogP contribution in [0.15, 0.2) is 18.3 Å². The number of carboxylic acids is 1. The lowest BCUT2D eigenvalue weighted by Gasteiger charge is -2.16. The van der Waals surface area contributed by atoms with Gasteiger partial charge in [-0.3, -0.25) is 15.1 Å². The molecule has 4 heteroatoms. The molecule has 1 aromatic rings. The van der Waals surface area contributed by atoms with E-state index < -0.39 is 12.0 Å². The van der Waals surface area contributed by atoms with Crippen LogP contribution in [0.4, 0.5) is 0 Å². The Kier molecular flexibility index (Phi) is 5.10. The minimum atomic E-state index is -0.800. The highest BCUT2D eigenvalue weighted by molar-refractivity contribution is 5.73. The molecule has 0 fully saturated rings. The summed E-state index contributed by atoms with van der Waals surface area (Å²) in [4.78, 5) is 15.3. The highest BCUT2D eigenvalue weighted by Gasteiger charge is 2.17. The van der Waals surface area contributed by atoms with Crippen LogP contribution in [0.25, 0.3) is 0 Å². The average Bonchev–Trinajstić information content (AvgIpc) is 2.25. The van der Waals surface area contributed by atoms with E-state index >= 15 is 0 Å². The number of aliphatic carboxylic acids is 1. The number of carbonyl (C=O) groups is 1. The Balaban J connectivity index is 2.51. The van der Waals surface area contributed by atoms with E-state index in [-0.39, 0.29) is 0 Å². The smallest absolute Gasteiger partial charge is 0.320 e. The summed E-state index contributed by atoms with van der Waals surface area (Å²) in [5.41, 5.74) is 1.97. The number of carboxylic acid groups (broad SMARTS) is 1. The molecule has 4 nitrogen and oxygen atoms in total. The van der Waals surface area contributed by atoms with Gasteiger partial charge in [0.25, 0.3) is 0 Å². The third kappa shape index (κ3) is 4.95. The van der Waals surface area contributed by atoms with Gasteiger partial charge in [0.1, 0.15) is 6.04 Å². The molecule has 1 atom stereocenters. The molecule has 17 heavy (non-hydrogen) atoms. The number of rotatable bonds is 6. The highest BCUT2D eigenvalue weighted by Crippen LogP contribution is 2.06. The van der Waals surface area contributed by atoms with E-state index in [2.05, 4.69) is 10.3 Å². The molecule has 0 saturated heterocycles. The SMILES string of the molecule is Cc1ccc(CNC(CC(C)C)C(=O)O)nc1. The first-order valence-electron chi connectivity index (χ1n) is 5.86. The fourth-order valence-corrected chi connectivity index (χ4v) is 1.57. The van der Waals surface area contributed by atoms with E-state index in [1.165, 1.54) is 0 Å². The van der Waals surface area contributed by atoms with Crippen LogP contribution in [0.1, 0.15) is 31.5 Å². The van der Waals surface area contributed by atoms with E-state index in [0.29, 0.717) is 18.9 Å². The second-order valence-electron chi connectivity index (χ2n) is 4.73. The Hall–Kier alpha value is -1.42. The lowest BCUT2D eigenvalue weighted by Crippen LogP contribution is -2.37.